The van der Waals surface area contributed by atoms with Crippen LogP contribution in [0.2, 0.25) is 0 Å². The first-order valence-corrected chi connectivity index (χ1v) is 6.70. The number of rotatable bonds is 8. The topological polar surface area (TPSA) is 93.1 Å². The van der Waals surface area contributed by atoms with E-state index >= 15 is 0 Å². The van der Waals surface area contributed by atoms with Crippen molar-refractivity contribution < 1.29 is 29.3 Å². The standard InChI is InChI=1S/C15H24O6/c1-7-14(19,8-2)15(9-16,20-12(17)10(3)4)21-13(18)11(5)6/h16,19H,3,5,7-9H2,1-2,4,6H3. The van der Waals surface area contributed by atoms with Gasteiger partial charge in [-0.2, -0.15) is 0 Å². The molecule has 0 aromatic carbocycles. The number of carbonyl (C=O) groups excluding carboxylic acids is 2. The molecule has 0 bridgehead atoms. The summed E-state index contributed by atoms with van der Waals surface area (Å²) in [6.07, 6.45) is 0.188. The van der Waals surface area contributed by atoms with Gasteiger partial charge in [0, 0.05) is 11.1 Å². The number of ether oxygens (including phenoxy) is 2. The van der Waals surface area contributed by atoms with E-state index in [4.69, 9.17) is 9.47 Å². The van der Waals surface area contributed by atoms with E-state index < -0.39 is 29.9 Å². The molecule has 0 saturated carbocycles. The van der Waals surface area contributed by atoms with Crippen LogP contribution in [0.5, 0.6) is 0 Å². The van der Waals surface area contributed by atoms with E-state index in [0.29, 0.717) is 0 Å². The molecular weight excluding hydrogens is 276 g/mol. The Balaban J connectivity index is 5.79. The molecule has 0 aliphatic rings. The van der Waals surface area contributed by atoms with E-state index in [1.165, 1.54) is 13.8 Å². The van der Waals surface area contributed by atoms with E-state index in [-0.39, 0.29) is 24.0 Å². The van der Waals surface area contributed by atoms with Crippen molar-refractivity contribution in [2.24, 2.45) is 0 Å². The van der Waals surface area contributed by atoms with Crippen molar-refractivity contribution in [2.45, 2.75) is 51.9 Å². The smallest absolute Gasteiger partial charge is 0.336 e. The first kappa shape index (κ1) is 19.3. The molecule has 21 heavy (non-hydrogen) atoms. The fourth-order valence-electron chi connectivity index (χ4n) is 1.68. The van der Waals surface area contributed by atoms with Gasteiger partial charge in [0.1, 0.15) is 12.2 Å². The first-order valence-electron chi connectivity index (χ1n) is 6.70. The summed E-state index contributed by atoms with van der Waals surface area (Å²) in [6.45, 7) is 12.0. The molecule has 0 atom stereocenters. The minimum absolute atomic E-state index is 0.0498. The van der Waals surface area contributed by atoms with Gasteiger partial charge in [0.05, 0.1) is 0 Å². The van der Waals surface area contributed by atoms with Crippen LogP contribution < -0.4 is 0 Å². The van der Waals surface area contributed by atoms with Crippen molar-refractivity contribution in [2.75, 3.05) is 6.61 Å². The Hall–Kier alpha value is -1.66. The molecule has 0 radical (unpaired) electrons. The fraction of sp³-hybridized carbons (Fsp3) is 0.600. The van der Waals surface area contributed by atoms with E-state index in [1.807, 2.05) is 0 Å². The molecule has 120 valence electrons. The molecule has 0 rings (SSSR count). The first-order chi connectivity index (χ1) is 9.59. The van der Waals surface area contributed by atoms with Crippen LogP contribution in [0, 0.1) is 0 Å². The average Bonchev–Trinajstić information content (AvgIpc) is 2.44. The molecule has 2 N–H and O–H groups in total. The molecule has 0 aromatic heterocycles. The second-order valence-electron chi connectivity index (χ2n) is 4.99. The highest BCUT2D eigenvalue weighted by atomic mass is 16.8. The van der Waals surface area contributed by atoms with Gasteiger partial charge >= 0.3 is 17.7 Å². The number of hydrogen-bond donors (Lipinski definition) is 2. The summed E-state index contributed by atoms with van der Waals surface area (Å²) in [5, 5.41) is 20.3. The minimum atomic E-state index is -2.21. The zero-order chi connectivity index (χ0) is 16.8. The van der Waals surface area contributed by atoms with Crippen LogP contribution in [0.15, 0.2) is 24.3 Å². The van der Waals surface area contributed by atoms with E-state index in [9.17, 15) is 19.8 Å². The summed E-state index contributed by atoms with van der Waals surface area (Å²) >= 11 is 0. The number of hydrogen-bond acceptors (Lipinski definition) is 6. The van der Waals surface area contributed by atoms with Crippen molar-refractivity contribution in [1.82, 2.24) is 0 Å². The lowest BCUT2D eigenvalue weighted by Crippen LogP contribution is -2.61. The van der Waals surface area contributed by atoms with E-state index in [0.717, 1.165) is 0 Å². The SMILES string of the molecule is C=C(C)C(=O)OC(CO)(OC(=O)C(=C)C)C(O)(CC)CC. The van der Waals surface area contributed by atoms with Gasteiger partial charge in [-0.25, -0.2) is 9.59 Å². The molecule has 0 amide bonds. The van der Waals surface area contributed by atoms with Crippen molar-refractivity contribution >= 4 is 11.9 Å². The highest BCUT2D eigenvalue weighted by Gasteiger charge is 2.55. The highest BCUT2D eigenvalue weighted by Crippen LogP contribution is 2.35. The summed E-state index contributed by atoms with van der Waals surface area (Å²) in [5.74, 6) is -3.96. The molecule has 0 saturated heterocycles. The van der Waals surface area contributed by atoms with Gasteiger partial charge in [-0.05, 0) is 26.7 Å². The predicted octanol–water partition coefficient (Wildman–Crippen LogP) is 1.46. The quantitative estimate of drug-likeness (QED) is 0.400. The number of carbonyl (C=O) groups is 2. The van der Waals surface area contributed by atoms with Gasteiger partial charge in [-0.15, -0.1) is 0 Å². The summed E-state index contributed by atoms with van der Waals surface area (Å²) < 4.78 is 10.2. The summed E-state index contributed by atoms with van der Waals surface area (Å²) in [7, 11) is 0. The molecule has 6 nitrogen and oxygen atoms in total. The van der Waals surface area contributed by atoms with Gasteiger partial charge < -0.3 is 19.7 Å². The zero-order valence-corrected chi connectivity index (χ0v) is 13.1. The third-order valence-corrected chi connectivity index (χ3v) is 3.30. The minimum Gasteiger partial charge on any atom is -0.414 e. The van der Waals surface area contributed by atoms with Crippen LogP contribution in [0.4, 0.5) is 0 Å². The van der Waals surface area contributed by atoms with E-state index in [2.05, 4.69) is 13.2 Å². The van der Waals surface area contributed by atoms with Crippen LogP contribution in [-0.4, -0.2) is 40.1 Å². The Kier molecular flexibility index (Phi) is 6.79. The van der Waals surface area contributed by atoms with Gasteiger partial charge in [0.25, 0.3) is 0 Å². The molecule has 0 aliphatic heterocycles. The van der Waals surface area contributed by atoms with Crippen molar-refractivity contribution in [3.8, 4) is 0 Å². The molecule has 0 aromatic rings. The molecule has 0 heterocycles. The normalized spacial score (nSPS) is 11.7. The largest absolute Gasteiger partial charge is 0.414 e. The third kappa shape index (κ3) is 4.15. The monoisotopic (exact) mass is 300 g/mol. The molecule has 0 aliphatic carbocycles. The number of aliphatic hydroxyl groups excluding tert-OH is 1. The maximum atomic E-state index is 11.8. The second-order valence-corrected chi connectivity index (χ2v) is 4.99. The highest BCUT2D eigenvalue weighted by molar-refractivity contribution is 5.89. The predicted molar refractivity (Wildman–Crippen MR) is 77.2 cm³/mol. The molecule has 6 heteroatoms. The maximum absolute atomic E-state index is 11.8. The lowest BCUT2D eigenvalue weighted by Gasteiger charge is -2.43. The molecule has 0 spiro atoms. The van der Waals surface area contributed by atoms with Gasteiger partial charge in [0.2, 0.25) is 0 Å². The summed E-state index contributed by atoms with van der Waals surface area (Å²) in [5.41, 5.74) is -1.64. The van der Waals surface area contributed by atoms with Crippen LogP contribution >= 0.6 is 0 Å². The molecule has 0 fully saturated rings. The van der Waals surface area contributed by atoms with E-state index in [1.54, 1.807) is 13.8 Å². The lowest BCUT2D eigenvalue weighted by molar-refractivity contribution is -0.304. The van der Waals surface area contributed by atoms with Gasteiger partial charge in [0.15, 0.2) is 0 Å². The summed E-state index contributed by atoms with van der Waals surface area (Å²) in [4.78, 5) is 23.6. The third-order valence-electron chi connectivity index (χ3n) is 3.30. The molecule has 0 unspecified atom stereocenters. The Labute approximate surface area is 125 Å². The lowest BCUT2D eigenvalue weighted by atomic mass is 9.87. The second kappa shape index (κ2) is 7.38. The average molecular weight is 300 g/mol. The summed E-state index contributed by atoms with van der Waals surface area (Å²) in [6, 6.07) is 0. The van der Waals surface area contributed by atoms with Crippen LogP contribution in [0.1, 0.15) is 40.5 Å². The van der Waals surface area contributed by atoms with Gasteiger partial charge in [-0.3, -0.25) is 0 Å². The number of esters is 2. The maximum Gasteiger partial charge on any atom is 0.336 e. The molecular formula is C15H24O6. The van der Waals surface area contributed by atoms with Crippen LogP contribution in [-0.2, 0) is 19.1 Å². The number of aliphatic hydroxyl groups is 2. The Morgan fingerprint density at radius 3 is 1.52 bits per heavy atom. The Morgan fingerprint density at radius 1 is 1.00 bits per heavy atom. The fourth-order valence-corrected chi connectivity index (χ4v) is 1.68. The van der Waals surface area contributed by atoms with Crippen molar-refractivity contribution in [3.05, 3.63) is 24.3 Å². The van der Waals surface area contributed by atoms with Crippen LogP contribution in [0.25, 0.3) is 0 Å². The zero-order valence-electron chi connectivity index (χ0n) is 13.1. The van der Waals surface area contributed by atoms with Crippen molar-refractivity contribution in [1.29, 1.82) is 0 Å². The van der Waals surface area contributed by atoms with Crippen LogP contribution in [0.3, 0.4) is 0 Å². The van der Waals surface area contributed by atoms with Crippen molar-refractivity contribution in [3.63, 3.8) is 0 Å². The Morgan fingerprint density at radius 2 is 1.33 bits per heavy atom. The Bertz CT molecular complexity index is 405. The van der Waals surface area contributed by atoms with Gasteiger partial charge in [-0.1, -0.05) is 27.0 Å².